The Morgan fingerprint density at radius 1 is 1.20 bits per heavy atom. The van der Waals surface area contributed by atoms with Crippen LogP contribution in [0.5, 0.6) is 5.75 Å². The van der Waals surface area contributed by atoms with E-state index in [0.29, 0.717) is 18.9 Å². The maximum Gasteiger partial charge on any atom is 0.141 e. The van der Waals surface area contributed by atoms with E-state index in [-0.39, 0.29) is 5.02 Å². The Bertz CT molecular complexity index is 661. The number of ether oxygens (including phenoxy) is 1. The molecule has 0 amide bonds. The van der Waals surface area contributed by atoms with Crippen LogP contribution >= 0.6 is 11.6 Å². The number of rotatable bonds is 3. The summed E-state index contributed by atoms with van der Waals surface area (Å²) < 4.78 is 18.8. The first-order chi connectivity index (χ1) is 9.70. The topological polar surface area (TPSA) is 35.2 Å². The first-order valence-electron chi connectivity index (χ1n) is 6.05. The van der Waals surface area contributed by atoms with E-state index >= 15 is 0 Å². The molecule has 0 aliphatic heterocycles. The van der Waals surface area contributed by atoms with Crippen LogP contribution in [-0.4, -0.2) is 6.54 Å². The quantitative estimate of drug-likeness (QED) is 0.879. The van der Waals surface area contributed by atoms with Crippen LogP contribution in [-0.2, 0) is 6.61 Å². The van der Waals surface area contributed by atoms with Gasteiger partial charge in [0, 0.05) is 0 Å². The van der Waals surface area contributed by atoms with Gasteiger partial charge in [-0.25, -0.2) is 4.39 Å². The highest BCUT2D eigenvalue weighted by Gasteiger charge is 2.04. The molecule has 2 aromatic rings. The Hall–Kier alpha value is -2.02. The molecule has 2 rings (SSSR count). The monoisotopic (exact) mass is 289 g/mol. The summed E-state index contributed by atoms with van der Waals surface area (Å²) in [5.41, 5.74) is 6.92. The van der Waals surface area contributed by atoms with Crippen molar-refractivity contribution in [2.75, 3.05) is 6.54 Å². The summed E-state index contributed by atoms with van der Waals surface area (Å²) in [6, 6.07) is 11.9. The van der Waals surface area contributed by atoms with Gasteiger partial charge in [0.2, 0.25) is 0 Å². The van der Waals surface area contributed by atoms with Gasteiger partial charge in [0.05, 0.1) is 17.1 Å². The van der Waals surface area contributed by atoms with Crippen LogP contribution in [0, 0.1) is 17.7 Å². The molecule has 0 spiro atoms. The molecule has 2 nitrogen and oxygen atoms in total. The standard InChI is InChI=1S/C16H13ClFNO/c17-14-10-12(7-8-15(14)18)11-20-16-6-2-1-4-13(16)5-3-9-19/h1-2,4,6-8,10H,9,11,19H2. The summed E-state index contributed by atoms with van der Waals surface area (Å²) in [6.07, 6.45) is 0. The third-order valence-corrected chi connectivity index (χ3v) is 2.88. The van der Waals surface area contributed by atoms with Gasteiger partial charge in [0.1, 0.15) is 18.2 Å². The molecule has 20 heavy (non-hydrogen) atoms. The molecule has 0 bridgehead atoms. The Morgan fingerprint density at radius 3 is 2.75 bits per heavy atom. The Morgan fingerprint density at radius 2 is 2.00 bits per heavy atom. The second-order valence-corrected chi connectivity index (χ2v) is 4.45. The van der Waals surface area contributed by atoms with Crippen LogP contribution in [0.2, 0.25) is 5.02 Å². The maximum atomic E-state index is 13.1. The average molecular weight is 290 g/mol. The molecule has 102 valence electrons. The number of hydrogen-bond donors (Lipinski definition) is 1. The fraction of sp³-hybridized carbons (Fsp3) is 0.125. The fourth-order valence-electron chi connectivity index (χ4n) is 1.63. The van der Waals surface area contributed by atoms with E-state index in [9.17, 15) is 4.39 Å². The molecule has 4 heteroatoms. The van der Waals surface area contributed by atoms with E-state index in [1.54, 1.807) is 12.1 Å². The molecule has 0 atom stereocenters. The minimum absolute atomic E-state index is 0.0855. The Balaban J connectivity index is 2.12. The largest absolute Gasteiger partial charge is 0.488 e. The molecule has 0 aliphatic carbocycles. The minimum atomic E-state index is -0.440. The first-order valence-corrected chi connectivity index (χ1v) is 6.43. The van der Waals surface area contributed by atoms with Crippen molar-refractivity contribution in [3.63, 3.8) is 0 Å². The maximum absolute atomic E-state index is 13.1. The molecule has 0 heterocycles. The summed E-state index contributed by atoms with van der Waals surface area (Å²) in [6.45, 7) is 0.587. The molecule has 0 saturated carbocycles. The van der Waals surface area contributed by atoms with Crippen LogP contribution in [0.25, 0.3) is 0 Å². The second-order valence-electron chi connectivity index (χ2n) is 4.04. The Labute approximate surface area is 122 Å². The zero-order valence-electron chi connectivity index (χ0n) is 10.7. The van der Waals surface area contributed by atoms with Crippen molar-refractivity contribution < 1.29 is 9.13 Å². The number of para-hydroxylation sites is 1. The summed E-state index contributed by atoms with van der Waals surface area (Å²) >= 11 is 5.73. The molecular weight excluding hydrogens is 277 g/mol. The number of benzene rings is 2. The van der Waals surface area contributed by atoms with Gasteiger partial charge in [0.25, 0.3) is 0 Å². The molecule has 0 unspecified atom stereocenters. The van der Waals surface area contributed by atoms with E-state index in [1.165, 1.54) is 6.07 Å². The fourth-order valence-corrected chi connectivity index (χ4v) is 1.84. The highest BCUT2D eigenvalue weighted by atomic mass is 35.5. The van der Waals surface area contributed by atoms with Crippen LogP contribution in [0.1, 0.15) is 11.1 Å². The Kier molecular flexibility index (Phi) is 5.00. The zero-order chi connectivity index (χ0) is 14.4. The third kappa shape index (κ3) is 3.74. The van der Waals surface area contributed by atoms with Crippen molar-refractivity contribution in [2.45, 2.75) is 6.61 Å². The van der Waals surface area contributed by atoms with Gasteiger partial charge in [-0.15, -0.1) is 0 Å². The lowest BCUT2D eigenvalue weighted by atomic mass is 10.2. The van der Waals surface area contributed by atoms with E-state index < -0.39 is 5.82 Å². The van der Waals surface area contributed by atoms with Crippen LogP contribution in [0.15, 0.2) is 42.5 Å². The van der Waals surface area contributed by atoms with Gasteiger partial charge < -0.3 is 10.5 Å². The summed E-state index contributed by atoms with van der Waals surface area (Å²) in [5.74, 6) is 5.95. The minimum Gasteiger partial charge on any atom is -0.488 e. The highest BCUT2D eigenvalue weighted by Crippen LogP contribution is 2.20. The lowest BCUT2D eigenvalue weighted by molar-refractivity contribution is 0.305. The van der Waals surface area contributed by atoms with Crippen LogP contribution in [0.3, 0.4) is 0 Å². The molecule has 2 aromatic carbocycles. The molecule has 2 N–H and O–H groups in total. The lowest BCUT2D eigenvalue weighted by Gasteiger charge is -2.08. The van der Waals surface area contributed by atoms with Crippen molar-refractivity contribution in [2.24, 2.45) is 5.73 Å². The van der Waals surface area contributed by atoms with Crippen molar-refractivity contribution in [3.05, 3.63) is 64.4 Å². The highest BCUT2D eigenvalue weighted by molar-refractivity contribution is 6.30. The van der Waals surface area contributed by atoms with Gasteiger partial charge >= 0.3 is 0 Å². The van der Waals surface area contributed by atoms with Crippen molar-refractivity contribution in [1.29, 1.82) is 0 Å². The van der Waals surface area contributed by atoms with Gasteiger partial charge in [0.15, 0.2) is 0 Å². The molecule has 0 radical (unpaired) electrons. The lowest BCUT2D eigenvalue weighted by Crippen LogP contribution is -1.98. The van der Waals surface area contributed by atoms with Crippen molar-refractivity contribution >= 4 is 11.6 Å². The zero-order valence-corrected chi connectivity index (χ0v) is 11.5. The van der Waals surface area contributed by atoms with E-state index in [2.05, 4.69) is 11.8 Å². The predicted molar refractivity (Wildman–Crippen MR) is 78.1 cm³/mol. The summed E-state index contributed by atoms with van der Waals surface area (Å²) in [7, 11) is 0. The molecule has 0 fully saturated rings. The molecular formula is C16H13ClFNO. The summed E-state index contributed by atoms with van der Waals surface area (Å²) in [5, 5.41) is 0.0855. The van der Waals surface area contributed by atoms with Crippen LogP contribution in [0.4, 0.5) is 4.39 Å². The van der Waals surface area contributed by atoms with Gasteiger partial charge in [-0.05, 0) is 29.8 Å². The van der Waals surface area contributed by atoms with Gasteiger partial charge in [-0.2, -0.15) is 0 Å². The second kappa shape index (κ2) is 6.95. The normalized spacial score (nSPS) is 9.75. The van der Waals surface area contributed by atoms with Crippen molar-refractivity contribution in [1.82, 2.24) is 0 Å². The smallest absolute Gasteiger partial charge is 0.141 e. The summed E-state index contributed by atoms with van der Waals surface area (Å²) in [4.78, 5) is 0. The predicted octanol–water partition coefficient (Wildman–Crippen LogP) is 3.37. The van der Waals surface area contributed by atoms with Crippen LogP contribution < -0.4 is 10.5 Å². The molecule has 0 aliphatic rings. The molecule has 0 aromatic heterocycles. The number of nitrogens with two attached hydrogens (primary N) is 1. The van der Waals surface area contributed by atoms with Gasteiger partial charge in [-0.1, -0.05) is 41.6 Å². The third-order valence-electron chi connectivity index (χ3n) is 2.59. The van der Waals surface area contributed by atoms with E-state index in [0.717, 1.165) is 11.1 Å². The van der Waals surface area contributed by atoms with E-state index in [4.69, 9.17) is 22.1 Å². The number of hydrogen-bond acceptors (Lipinski definition) is 2. The van der Waals surface area contributed by atoms with Gasteiger partial charge in [-0.3, -0.25) is 0 Å². The van der Waals surface area contributed by atoms with E-state index in [1.807, 2.05) is 24.3 Å². The number of halogens is 2. The average Bonchev–Trinajstić information content (AvgIpc) is 2.47. The first kappa shape index (κ1) is 14.4. The SMILES string of the molecule is NCC#Cc1ccccc1OCc1ccc(F)c(Cl)c1. The van der Waals surface area contributed by atoms with Crippen molar-refractivity contribution in [3.8, 4) is 17.6 Å². The molecule has 0 saturated heterocycles.